The SMILES string of the molecule is CCNC(=NCC(C)(O)c1ccco1)NCC1Cc2ccccc2O1.I. The van der Waals surface area contributed by atoms with Crippen molar-refractivity contribution < 1.29 is 14.3 Å². The maximum atomic E-state index is 10.5. The smallest absolute Gasteiger partial charge is 0.191 e. The first kappa shape index (κ1) is 20.6. The summed E-state index contributed by atoms with van der Waals surface area (Å²) in [5, 5.41) is 17.0. The molecule has 0 amide bonds. The van der Waals surface area contributed by atoms with Crippen LogP contribution in [-0.2, 0) is 12.0 Å². The van der Waals surface area contributed by atoms with Gasteiger partial charge in [0, 0.05) is 13.0 Å². The molecule has 0 fully saturated rings. The number of nitrogens with zero attached hydrogens (tertiary/aromatic N) is 1. The van der Waals surface area contributed by atoms with Crippen LogP contribution in [0.4, 0.5) is 0 Å². The van der Waals surface area contributed by atoms with Gasteiger partial charge in [0.1, 0.15) is 23.2 Å². The van der Waals surface area contributed by atoms with E-state index in [0.29, 0.717) is 18.3 Å². The summed E-state index contributed by atoms with van der Waals surface area (Å²) in [6, 6.07) is 11.6. The molecule has 0 saturated heterocycles. The van der Waals surface area contributed by atoms with Crippen LogP contribution in [0.3, 0.4) is 0 Å². The number of fused-ring (bicyclic) bond motifs is 1. The van der Waals surface area contributed by atoms with Crippen LogP contribution in [0.15, 0.2) is 52.1 Å². The van der Waals surface area contributed by atoms with Crippen LogP contribution in [0.2, 0.25) is 0 Å². The van der Waals surface area contributed by atoms with Crippen LogP contribution in [-0.4, -0.2) is 36.8 Å². The summed E-state index contributed by atoms with van der Waals surface area (Å²) in [4.78, 5) is 4.48. The molecule has 2 heterocycles. The van der Waals surface area contributed by atoms with Gasteiger partial charge >= 0.3 is 0 Å². The van der Waals surface area contributed by atoms with Crippen molar-refractivity contribution in [2.45, 2.75) is 32.0 Å². The number of guanidine groups is 1. The van der Waals surface area contributed by atoms with E-state index in [9.17, 15) is 5.11 Å². The lowest BCUT2D eigenvalue weighted by molar-refractivity contribution is 0.0437. The van der Waals surface area contributed by atoms with Gasteiger partial charge in [0.25, 0.3) is 0 Å². The van der Waals surface area contributed by atoms with Crippen LogP contribution in [0, 0.1) is 0 Å². The lowest BCUT2D eigenvalue weighted by Gasteiger charge is -2.20. The van der Waals surface area contributed by atoms with Gasteiger partial charge in [-0.2, -0.15) is 0 Å². The number of rotatable bonds is 6. The number of aliphatic hydroxyl groups is 1. The molecule has 1 aromatic carbocycles. The first-order chi connectivity index (χ1) is 12.1. The minimum Gasteiger partial charge on any atom is -0.488 e. The second kappa shape index (κ2) is 9.27. The van der Waals surface area contributed by atoms with E-state index < -0.39 is 5.60 Å². The molecule has 1 aliphatic heterocycles. The number of halogens is 1. The molecule has 3 rings (SSSR count). The Bertz CT molecular complexity index is 692. The highest BCUT2D eigenvalue weighted by Crippen LogP contribution is 2.27. The third kappa shape index (κ3) is 5.14. The molecule has 7 heteroatoms. The zero-order valence-electron chi connectivity index (χ0n) is 15.1. The lowest BCUT2D eigenvalue weighted by atomic mass is 10.0. The van der Waals surface area contributed by atoms with Gasteiger partial charge in [-0.05, 0) is 37.6 Å². The standard InChI is InChI=1S/C19H25N3O3.HI/c1-3-20-18(22-13-19(2,23)17-9-6-10-24-17)21-12-15-11-14-7-4-5-8-16(14)25-15;/h4-10,15,23H,3,11-13H2,1-2H3,(H2,20,21,22);1H. The van der Waals surface area contributed by atoms with Gasteiger partial charge in [-0.25, -0.2) is 4.99 Å². The van der Waals surface area contributed by atoms with E-state index in [4.69, 9.17) is 9.15 Å². The number of benzene rings is 1. The number of para-hydroxylation sites is 1. The van der Waals surface area contributed by atoms with Crippen molar-refractivity contribution in [1.29, 1.82) is 0 Å². The van der Waals surface area contributed by atoms with E-state index in [-0.39, 0.29) is 36.6 Å². The number of hydrogen-bond donors (Lipinski definition) is 3. The predicted octanol–water partition coefficient (Wildman–Crippen LogP) is 2.66. The molecule has 6 nitrogen and oxygen atoms in total. The summed E-state index contributed by atoms with van der Waals surface area (Å²) in [6.07, 6.45) is 2.51. The van der Waals surface area contributed by atoms with Crippen molar-refractivity contribution >= 4 is 29.9 Å². The fourth-order valence-electron chi connectivity index (χ4n) is 2.82. The maximum absolute atomic E-state index is 10.5. The Hall–Kier alpha value is -1.74. The molecule has 0 saturated carbocycles. The van der Waals surface area contributed by atoms with Crippen LogP contribution >= 0.6 is 24.0 Å². The summed E-state index contributed by atoms with van der Waals surface area (Å²) in [6.45, 7) is 5.27. The van der Waals surface area contributed by atoms with E-state index in [0.717, 1.165) is 18.7 Å². The molecule has 0 radical (unpaired) electrons. The summed E-state index contributed by atoms with van der Waals surface area (Å²) >= 11 is 0. The van der Waals surface area contributed by atoms with Crippen molar-refractivity contribution in [2.75, 3.05) is 19.6 Å². The van der Waals surface area contributed by atoms with Gasteiger partial charge in [0.05, 0.1) is 19.4 Å². The van der Waals surface area contributed by atoms with Gasteiger partial charge in [0.2, 0.25) is 0 Å². The van der Waals surface area contributed by atoms with Gasteiger partial charge in [-0.3, -0.25) is 0 Å². The molecular formula is C19H26IN3O3. The number of aliphatic imine (C=N–C) groups is 1. The molecule has 1 aromatic heterocycles. The quantitative estimate of drug-likeness (QED) is 0.343. The highest BCUT2D eigenvalue weighted by Gasteiger charge is 2.26. The van der Waals surface area contributed by atoms with Crippen molar-refractivity contribution in [1.82, 2.24) is 10.6 Å². The van der Waals surface area contributed by atoms with E-state index in [2.05, 4.69) is 21.7 Å². The molecule has 3 N–H and O–H groups in total. The third-order valence-electron chi connectivity index (χ3n) is 4.15. The monoisotopic (exact) mass is 471 g/mol. The fraction of sp³-hybridized carbons (Fsp3) is 0.421. The number of furan rings is 1. The first-order valence-corrected chi connectivity index (χ1v) is 8.61. The Morgan fingerprint density at radius 1 is 1.27 bits per heavy atom. The average molecular weight is 471 g/mol. The average Bonchev–Trinajstić information content (AvgIpc) is 3.26. The fourth-order valence-corrected chi connectivity index (χ4v) is 2.82. The third-order valence-corrected chi connectivity index (χ3v) is 4.15. The van der Waals surface area contributed by atoms with Crippen LogP contribution in [0.5, 0.6) is 5.75 Å². The van der Waals surface area contributed by atoms with Gasteiger partial charge in [-0.15, -0.1) is 24.0 Å². The Balaban J connectivity index is 0.00000243. The lowest BCUT2D eigenvalue weighted by Crippen LogP contribution is -2.43. The Kier molecular flexibility index (Phi) is 7.33. The van der Waals surface area contributed by atoms with Gasteiger partial charge < -0.3 is 24.9 Å². The molecule has 142 valence electrons. The molecule has 26 heavy (non-hydrogen) atoms. The Morgan fingerprint density at radius 2 is 2.08 bits per heavy atom. The van der Waals surface area contributed by atoms with Gasteiger partial charge in [0.15, 0.2) is 5.96 Å². The second-order valence-electron chi connectivity index (χ2n) is 6.38. The topological polar surface area (TPSA) is 79.0 Å². The van der Waals surface area contributed by atoms with E-state index >= 15 is 0 Å². The normalized spacial score (nSPS) is 18.3. The highest BCUT2D eigenvalue weighted by molar-refractivity contribution is 14.0. The number of hydrogen-bond acceptors (Lipinski definition) is 4. The van der Waals surface area contributed by atoms with Gasteiger partial charge in [-0.1, -0.05) is 18.2 Å². The molecule has 0 spiro atoms. The second-order valence-corrected chi connectivity index (χ2v) is 6.38. The van der Waals surface area contributed by atoms with E-state index in [1.165, 1.54) is 5.56 Å². The van der Waals surface area contributed by atoms with E-state index in [1.807, 2.05) is 25.1 Å². The highest BCUT2D eigenvalue weighted by atomic mass is 127. The predicted molar refractivity (Wildman–Crippen MR) is 112 cm³/mol. The van der Waals surface area contributed by atoms with Crippen molar-refractivity contribution in [3.05, 3.63) is 54.0 Å². The van der Waals surface area contributed by atoms with Crippen LogP contribution in [0.1, 0.15) is 25.2 Å². The van der Waals surface area contributed by atoms with Crippen molar-refractivity contribution in [3.63, 3.8) is 0 Å². The Labute approximate surface area is 171 Å². The van der Waals surface area contributed by atoms with E-state index in [1.54, 1.807) is 25.3 Å². The maximum Gasteiger partial charge on any atom is 0.191 e. The molecule has 2 aromatic rings. The molecule has 2 atom stereocenters. The Morgan fingerprint density at radius 3 is 2.77 bits per heavy atom. The summed E-state index contributed by atoms with van der Waals surface area (Å²) in [5.41, 5.74) is 0.0864. The molecular weight excluding hydrogens is 445 g/mol. The van der Waals surface area contributed by atoms with Crippen molar-refractivity contribution in [3.8, 4) is 5.75 Å². The number of nitrogens with one attached hydrogen (secondary N) is 2. The summed E-state index contributed by atoms with van der Waals surface area (Å²) in [5.74, 6) is 2.10. The molecule has 0 bridgehead atoms. The minimum atomic E-state index is -1.15. The largest absolute Gasteiger partial charge is 0.488 e. The van der Waals surface area contributed by atoms with Crippen molar-refractivity contribution in [2.24, 2.45) is 4.99 Å². The zero-order chi connectivity index (χ0) is 17.7. The molecule has 1 aliphatic rings. The summed E-state index contributed by atoms with van der Waals surface area (Å²) in [7, 11) is 0. The number of ether oxygens (including phenoxy) is 1. The first-order valence-electron chi connectivity index (χ1n) is 8.61. The summed E-state index contributed by atoms with van der Waals surface area (Å²) < 4.78 is 11.2. The molecule has 0 aliphatic carbocycles. The van der Waals surface area contributed by atoms with Crippen LogP contribution < -0.4 is 15.4 Å². The molecule has 2 unspecified atom stereocenters. The minimum absolute atomic E-state index is 0. The van der Waals surface area contributed by atoms with Crippen LogP contribution in [0.25, 0.3) is 0 Å². The zero-order valence-corrected chi connectivity index (χ0v) is 17.4.